The van der Waals surface area contributed by atoms with Crippen LogP contribution in [0.1, 0.15) is 5.56 Å². The topological polar surface area (TPSA) is 75.9 Å². The number of benzene rings is 1. The summed E-state index contributed by atoms with van der Waals surface area (Å²) in [6.45, 7) is 0. The van der Waals surface area contributed by atoms with Gasteiger partial charge in [-0.2, -0.15) is 13.2 Å². The number of nitrogens with zero attached hydrogens (tertiary/aromatic N) is 2. The van der Waals surface area contributed by atoms with Crippen molar-refractivity contribution in [2.24, 2.45) is 5.84 Å². The van der Waals surface area contributed by atoms with Gasteiger partial charge in [0.05, 0.1) is 18.0 Å². The van der Waals surface area contributed by atoms with Gasteiger partial charge in [-0.3, -0.25) is 4.98 Å². The van der Waals surface area contributed by atoms with Crippen LogP contribution in [0.3, 0.4) is 0 Å². The van der Waals surface area contributed by atoms with Gasteiger partial charge < -0.3 is 10.7 Å². The smallest absolute Gasteiger partial charge is 0.339 e. The number of hydrazine groups is 1. The molecule has 0 unspecified atom stereocenters. The van der Waals surface area contributed by atoms with Crippen molar-refractivity contribution in [2.45, 2.75) is 6.18 Å². The lowest BCUT2D eigenvalue weighted by atomic mass is 10.2. The quantitative estimate of drug-likeness (QED) is 0.589. The molecular weight excluding hydrogens is 259 g/mol. The molecule has 100 valence electrons. The summed E-state index contributed by atoms with van der Waals surface area (Å²) in [5.74, 6) is 5.89. The Balaban J connectivity index is 2.15. The van der Waals surface area contributed by atoms with Crippen molar-refractivity contribution in [2.75, 3.05) is 10.7 Å². The van der Waals surface area contributed by atoms with Gasteiger partial charge in [0.25, 0.3) is 0 Å². The third kappa shape index (κ3) is 3.32. The van der Waals surface area contributed by atoms with Crippen LogP contribution in [0.2, 0.25) is 0 Å². The van der Waals surface area contributed by atoms with Crippen LogP contribution in [0.15, 0.2) is 36.7 Å². The first-order chi connectivity index (χ1) is 8.99. The molecule has 1 aromatic heterocycles. The molecule has 0 spiro atoms. The minimum Gasteiger partial charge on any atom is -0.339 e. The van der Waals surface area contributed by atoms with E-state index >= 15 is 0 Å². The molecule has 0 radical (unpaired) electrons. The maximum absolute atomic E-state index is 12.4. The molecule has 2 aromatic rings. The summed E-state index contributed by atoms with van der Waals surface area (Å²) < 4.78 is 37.1. The minimum atomic E-state index is -4.35. The third-order valence-corrected chi connectivity index (χ3v) is 2.27. The fourth-order valence-electron chi connectivity index (χ4n) is 1.39. The maximum atomic E-state index is 12.4. The summed E-state index contributed by atoms with van der Waals surface area (Å²) in [7, 11) is 0. The fraction of sp³-hybridized carbons (Fsp3) is 0.0909. The van der Waals surface area contributed by atoms with Crippen molar-refractivity contribution in [1.29, 1.82) is 0 Å². The van der Waals surface area contributed by atoms with E-state index in [1.165, 1.54) is 24.5 Å². The number of halogens is 3. The predicted octanol–water partition coefficient (Wildman–Crippen LogP) is 2.52. The Morgan fingerprint density at radius 2 is 1.63 bits per heavy atom. The molecule has 2 rings (SSSR count). The van der Waals surface area contributed by atoms with E-state index in [-0.39, 0.29) is 0 Å². The Labute approximate surface area is 106 Å². The molecule has 0 saturated heterocycles. The van der Waals surface area contributed by atoms with Gasteiger partial charge >= 0.3 is 6.18 Å². The van der Waals surface area contributed by atoms with Crippen LogP contribution < -0.4 is 16.6 Å². The van der Waals surface area contributed by atoms with Crippen LogP contribution in [0, 0.1) is 0 Å². The van der Waals surface area contributed by atoms with E-state index in [4.69, 9.17) is 5.84 Å². The normalized spacial score (nSPS) is 11.2. The summed E-state index contributed by atoms with van der Waals surface area (Å²) in [6, 6.07) is 4.60. The summed E-state index contributed by atoms with van der Waals surface area (Å²) in [4.78, 5) is 7.89. The Morgan fingerprint density at radius 1 is 1.00 bits per heavy atom. The summed E-state index contributed by atoms with van der Waals surface area (Å²) in [5.41, 5.74) is 2.08. The van der Waals surface area contributed by atoms with Gasteiger partial charge in [-0.25, -0.2) is 10.8 Å². The van der Waals surface area contributed by atoms with Crippen molar-refractivity contribution >= 4 is 17.3 Å². The minimum absolute atomic E-state index is 0.344. The lowest BCUT2D eigenvalue weighted by Crippen LogP contribution is -2.09. The Kier molecular flexibility index (Phi) is 3.52. The highest BCUT2D eigenvalue weighted by Gasteiger charge is 2.29. The van der Waals surface area contributed by atoms with Crippen LogP contribution in [0.25, 0.3) is 0 Å². The Bertz CT molecular complexity index is 553. The molecule has 0 fully saturated rings. The highest BCUT2D eigenvalue weighted by atomic mass is 19.4. The van der Waals surface area contributed by atoms with Crippen molar-refractivity contribution in [3.63, 3.8) is 0 Å². The molecule has 0 bridgehead atoms. The number of hydrogen-bond acceptors (Lipinski definition) is 5. The lowest BCUT2D eigenvalue weighted by molar-refractivity contribution is -0.137. The SMILES string of the molecule is NNc1cncc(Nc2ccc(C(F)(F)F)cc2)n1. The van der Waals surface area contributed by atoms with Crippen molar-refractivity contribution in [3.8, 4) is 0 Å². The van der Waals surface area contributed by atoms with E-state index in [1.807, 2.05) is 0 Å². The van der Waals surface area contributed by atoms with E-state index < -0.39 is 11.7 Å². The summed E-state index contributed by atoms with van der Waals surface area (Å²) in [5, 5.41) is 2.82. The molecule has 0 aliphatic heterocycles. The monoisotopic (exact) mass is 269 g/mol. The molecule has 1 heterocycles. The molecule has 8 heteroatoms. The molecule has 0 amide bonds. The number of alkyl halides is 3. The Morgan fingerprint density at radius 3 is 2.21 bits per heavy atom. The van der Waals surface area contributed by atoms with E-state index in [2.05, 4.69) is 20.7 Å². The second-order valence-electron chi connectivity index (χ2n) is 3.63. The second-order valence-corrected chi connectivity index (χ2v) is 3.63. The average Bonchev–Trinajstić information content (AvgIpc) is 2.38. The number of rotatable bonds is 3. The molecule has 0 aliphatic rings. The number of nitrogens with one attached hydrogen (secondary N) is 2. The Hall–Kier alpha value is -2.35. The van der Waals surface area contributed by atoms with Gasteiger partial charge in [-0.1, -0.05) is 0 Å². The fourth-order valence-corrected chi connectivity index (χ4v) is 1.39. The third-order valence-electron chi connectivity index (χ3n) is 2.27. The lowest BCUT2D eigenvalue weighted by Gasteiger charge is -2.09. The molecule has 0 aliphatic carbocycles. The number of nitrogen functional groups attached to an aromatic ring is 1. The van der Waals surface area contributed by atoms with Gasteiger partial charge in [0.15, 0.2) is 11.6 Å². The first-order valence-corrected chi connectivity index (χ1v) is 5.22. The van der Waals surface area contributed by atoms with Crippen LogP contribution in [0.4, 0.5) is 30.5 Å². The van der Waals surface area contributed by atoms with E-state index in [9.17, 15) is 13.2 Å². The van der Waals surface area contributed by atoms with E-state index in [1.54, 1.807) is 0 Å². The molecule has 4 N–H and O–H groups in total. The first-order valence-electron chi connectivity index (χ1n) is 5.22. The van der Waals surface area contributed by atoms with E-state index in [0.29, 0.717) is 17.3 Å². The van der Waals surface area contributed by atoms with Gasteiger partial charge in [0.1, 0.15) is 0 Å². The molecule has 1 aromatic carbocycles. The highest BCUT2D eigenvalue weighted by molar-refractivity contribution is 5.57. The summed E-state index contributed by atoms with van der Waals surface area (Å²) >= 11 is 0. The maximum Gasteiger partial charge on any atom is 0.416 e. The van der Waals surface area contributed by atoms with E-state index in [0.717, 1.165) is 12.1 Å². The molecule has 5 nitrogen and oxygen atoms in total. The number of aromatic nitrogens is 2. The van der Waals surface area contributed by atoms with Crippen LogP contribution >= 0.6 is 0 Å². The van der Waals surface area contributed by atoms with Crippen molar-refractivity contribution < 1.29 is 13.2 Å². The van der Waals surface area contributed by atoms with Gasteiger partial charge in [-0.05, 0) is 24.3 Å². The molecule has 19 heavy (non-hydrogen) atoms. The number of nitrogens with two attached hydrogens (primary N) is 1. The van der Waals surface area contributed by atoms with Gasteiger partial charge in [-0.15, -0.1) is 0 Å². The van der Waals surface area contributed by atoms with Gasteiger partial charge in [0, 0.05) is 5.69 Å². The largest absolute Gasteiger partial charge is 0.416 e. The molecule has 0 atom stereocenters. The van der Waals surface area contributed by atoms with Crippen LogP contribution in [-0.4, -0.2) is 9.97 Å². The standard InChI is InChI=1S/C11H10F3N5/c12-11(13,14)7-1-3-8(4-2-7)17-9-5-16-6-10(18-9)19-15/h1-6H,15H2,(H2,17,18,19). The zero-order chi connectivity index (χ0) is 13.9. The van der Waals surface area contributed by atoms with Gasteiger partial charge in [0.2, 0.25) is 0 Å². The number of anilines is 3. The second kappa shape index (κ2) is 5.11. The van der Waals surface area contributed by atoms with Crippen molar-refractivity contribution in [1.82, 2.24) is 9.97 Å². The summed E-state index contributed by atoms with van der Waals surface area (Å²) in [6.07, 6.45) is -1.50. The predicted molar refractivity (Wildman–Crippen MR) is 64.6 cm³/mol. The molecular formula is C11H10F3N5. The number of hydrogen-bond donors (Lipinski definition) is 3. The average molecular weight is 269 g/mol. The zero-order valence-electron chi connectivity index (χ0n) is 9.57. The highest BCUT2D eigenvalue weighted by Crippen LogP contribution is 2.30. The van der Waals surface area contributed by atoms with Crippen LogP contribution in [0.5, 0.6) is 0 Å². The first kappa shape index (κ1) is 13.1. The van der Waals surface area contributed by atoms with Crippen molar-refractivity contribution in [3.05, 3.63) is 42.2 Å². The molecule has 0 saturated carbocycles. The van der Waals surface area contributed by atoms with Crippen LogP contribution in [-0.2, 0) is 6.18 Å². The zero-order valence-corrected chi connectivity index (χ0v) is 9.57.